The van der Waals surface area contributed by atoms with Crippen LogP contribution in [0.2, 0.25) is 0 Å². The summed E-state index contributed by atoms with van der Waals surface area (Å²) in [7, 11) is 0. The summed E-state index contributed by atoms with van der Waals surface area (Å²) in [5.41, 5.74) is 0. The quantitative estimate of drug-likeness (QED) is 0.579. The molecule has 0 saturated heterocycles. The molecule has 3 N–H and O–H groups in total. The Morgan fingerprint density at radius 3 is 2.47 bits per heavy atom. The van der Waals surface area contributed by atoms with Crippen LogP contribution < -0.4 is 10.6 Å². The molecule has 0 aromatic rings. The molecule has 0 bridgehead atoms. The van der Waals surface area contributed by atoms with E-state index < -0.39 is 12.0 Å². The van der Waals surface area contributed by atoms with Crippen LogP contribution in [0.3, 0.4) is 0 Å². The summed E-state index contributed by atoms with van der Waals surface area (Å²) in [6, 6.07) is -0.418. The number of nitrogens with zero attached hydrogens (tertiary/aromatic N) is 1. The average molecular weight is 271 g/mol. The molecule has 0 heterocycles. The van der Waals surface area contributed by atoms with E-state index in [1.807, 2.05) is 6.92 Å². The molecule has 1 rings (SSSR count). The monoisotopic (exact) mass is 271 g/mol. The fourth-order valence-corrected chi connectivity index (χ4v) is 1.67. The lowest BCUT2D eigenvalue weighted by molar-refractivity contribution is -0.137. The number of hydrogen-bond donors (Lipinski definition) is 3. The van der Waals surface area contributed by atoms with Crippen molar-refractivity contribution in [2.24, 2.45) is 5.92 Å². The van der Waals surface area contributed by atoms with Crippen LogP contribution >= 0.6 is 0 Å². The summed E-state index contributed by atoms with van der Waals surface area (Å²) in [5, 5.41) is 14.0. The zero-order chi connectivity index (χ0) is 14.3. The topological polar surface area (TPSA) is 98.7 Å². The summed E-state index contributed by atoms with van der Waals surface area (Å²) in [4.78, 5) is 35.0. The number of urea groups is 1. The number of hydrogen-bond acceptors (Lipinski definition) is 3. The van der Waals surface area contributed by atoms with Crippen LogP contribution in [-0.4, -0.2) is 54.1 Å². The van der Waals surface area contributed by atoms with Gasteiger partial charge in [-0.15, -0.1) is 0 Å². The van der Waals surface area contributed by atoms with Crippen LogP contribution in [0.15, 0.2) is 0 Å². The van der Waals surface area contributed by atoms with Gasteiger partial charge in [0, 0.05) is 26.1 Å². The van der Waals surface area contributed by atoms with E-state index in [1.165, 1.54) is 4.90 Å². The number of carbonyl (C=O) groups excluding carboxylic acids is 2. The smallest absolute Gasteiger partial charge is 0.323 e. The number of amides is 3. The summed E-state index contributed by atoms with van der Waals surface area (Å²) in [5.74, 6) is -0.734. The van der Waals surface area contributed by atoms with Crippen LogP contribution in [-0.2, 0) is 9.59 Å². The molecule has 1 aliphatic rings. The van der Waals surface area contributed by atoms with Gasteiger partial charge in [0.25, 0.3) is 0 Å². The second kappa shape index (κ2) is 7.60. The Bertz CT molecular complexity index is 342. The molecule has 7 heteroatoms. The van der Waals surface area contributed by atoms with Crippen LogP contribution in [0, 0.1) is 5.92 Å². The molecule has 1 fully saturated rings. The third-order valence-corrected chi connectivity index (χ3v) is 2.79. The number of aliphatic carboxylic acids is 1. The number of nitrogens with one attached hydrogen (secondary N) is 2. The maximum atomic E-state index is 11.8. The molecule has 0 aromatic carbocycles. The first-order chi connectivity index (χ1) is 9.02. The van der Waals surface area contributed by atoms with E-state index in [1.54, 1.807) is 0 Å². The van der Waals surface area contributed by atoms with Crippen molar-refractivity contribution in [3.63, 3.8) is 0 Å². The van der Waals surface area contributed by atoms with Crippen molar-refractivity contribution in [2.75, 3.05) is 26.2 Å². The first-order valence-corrected chi connectivity index (χ1v) is 6.54. The van der Waals surface area contributed by atoms with Crippen molar-refractivity contribution in [2.45, 2.75) is 26.2 Å². The number of carboxylic acids is 1. The van der Waals surface area contributed by atoms with Crippen LogP contribution in [0.4, 0.5) is 4.79 Å². The molecule has 0 unspecified atom stereocenters. The fourth-order valence-electron chi connectivity index (χ4n) is 1.67. The first kappa shape index (κ1) is 15.3. The van der Waals surface area contributed by atoms with Gasteiger partial charge in [0.15, 0.2) is 0 Å². The van der Waals surface area contributed by atoms with Gasteiger partial charge in [0.2, 0.25) is 5.91 Å². The lowest BCUT2D eigenvalue weighted by Crippen LogP contribution is -2.44. The van der Waals surface area contributed by atoms with Gasteiger partial charge in [-0.25, -0.2) is 4.79 Å². The third-order valence-electron chi connectivity index (χ3n) is 2.79. The van der Waals surface area contributed by atoms with Crippen molar-refractivity contribution in [3.8, 4) is 0 Å². The average Bonchev–Trinajstić information content (AvgIpc) is 3.11. The molecule has 7 nitrogen and oxygen atoms in total. The van der Waals surface area contributed by atoms with E-state index in [2.05, 4.69) is 10.6 Å². The molecule has 1 saturated carbocycles. The highest BCUT2D eigenvalue weighted by atomic mass is 16.4. The Morgan fingerprint density at radius 2 is 1.95 bits per heavy atom. The lowest BCUT2D eigenvalue weighted by Gasteiger charge is -2.20. The Kier molecular flexibility index (Phi) is 6.11. The zero-order valence-electron chi connectivity index (χ0n) is 11.1. The highest BCUT2D eigenvalue weighted by molar-refractivity contribution is 5.81. The van der Waals surface area contributed by atoms with E-state index in [0.717, 1.165) is 12.8 Å². The van der Waals surface area contributed by atoms with E-state index in [0.29, 0.717) is 19.0 Å². The molecular formula is C12H21N3O4. The minimum Gasteiger partial charge on any atom is -0.480 e. The van der Waals surface area contributed by atoms with Gasteiger partial charge < -0.3 is 20.6 Å². The maximum absolute atomic E-state index is 11.8. The van der Waals surface area contributed by atoms with Gasteiger partial charge >= 0.3 is 12.0 Å². The minimum atomic E-state index is -1.03. The highest BCUT2D eigenvalue weighted by Gasteiger charge is 2.27. The van der Waals surface area contributed by atoms with Crippen molar-refractivity contribution in [1.82, 2.24) is 15.5 Å². The predicted octanol–water partition coefficient (Wildman–Crippen LogP) is 0.0188. The fraction of sp³-hybridized carbons (Fsp3) is 0.750. The molecule has 0 spiro atoms. The summed E-state index contributed by atoms with van der Waals surface area (Å²) in [6.07, 6.45) is 2.29. The minimum absolute atomic E-state index is 0.130. The van der Waals surface area contributed by atoms with Gasteiger partial charge in [0.1, 0.15) is 6.54 Å². The molecule has 0 aromatic heterocycles. The first-order valence-electron chi connectivity index (χ1n) is 6.54. The molecule has 19 heavy (non-hydrogen) atoms. The SMILES string of the molecule is CCNC(=O)CCNC(=O)N(CC(=O)O)CC1CC1. The summed E-state index contributed by atoms with van der Waals surface area (Å²) in [6.45, 7) is 2.76. The van der Waals surface area contributed by atoms with Gasteiger partial charge in [0.05, 0.1) is 0 Å². The van der Waals surface area contributed by atoms with E-state index in [-0.39, 0.29) is 25.4 Å². The summed E-state index contributed by atoms with van der Waals surface area (Å²) >= 11 is 0. The summed E-state index contributed by atoms with van der Waals surface area (Å²) < 4.78 is 0. The number of carbonyl (C=O) groups is 3. The molecule has 0 atom stereocenters. The van der Waals surface area contributed by atoms with Gasteiger partial charge in [-0.1, -0.05) is 0 Å². The Morgan fingerprint density at radius 1 is 1.26 bits per heavy atom. The molecule has 1 aliphatic carbocycles. The standard InChI is InChI=1S/C12H21N3O4/c1-2-13-10(16)5-6-14-12(19)15(8-11(17)18)7-9-3-4-9/h9H,2-8H2,1H3,(H,13,16)(H,14,19)(H,17,18). The van der Waals surface area contributed by atoms with Gasteiger partial charge in [-0.05, 0) is 25.7 Å². The Hall–Kier alpha value is -1.79. The third kappa shape index (κ3) is 6.64. The predicted molar refractivity (Wildman–Crippen MR) is 68.6 cm³/mol. The van der Waals surface area contributed by atoms with Crippen LogP contribution in [0.25, 0.3) is 0 Å². The van der Waals surface area contributed by atoms with Crippen molar-refractivity contribution >= 4 is 17.9 Å². The van der Waals surface area contributed by atoms with E-state index >= 15 is 0 Å². The number of rotatable bonds is 8. The van der Waals surface area contributed by atoms with Crippen molar-refractivity contribution in [3.05, 3.63) is 0 Å². The lowest BCUT2D eigenvalue weighted by atomic mass is 10.3. The largest absolute Gasteiger partial charge is 0.480 e. The van der Waals surface area contributed by atoms with Crippen molar-refractivity contribution < 1.29 is 19.5 Å². The van der Waals surface area contributed by atoms with Gasteiger partial charge in [-0.2, -0.15) is 0 Å². The van der Waals surface area contributed by atoms with Gasteiger partial charge in [-0.3, -0.25) is 9.59 Å². The van der Waals surface area contributed by atoms with E-state index in [9.17, 15) is 14.4 Å². The Balaban J connectivity index is 2.29. The molecule has 0 radical (unpaired) electrons. The molecule has 3 amide bonds. The van der Waals surface area contributed by atoms with Crippen LogP contribution in [0.5, 0.6) is 0 Å². The molecular weight excluding hydrogens is 250 g/mol. The second-order valence-electron chi connectivity index (χ2n) is 4.65. The second-order valence-corrected chi connectivity index (χ2v) is 4.65. The van der Waals surface area contributed by atoms with Crippen molar-refractivity contribution in [1.29, 1.82) is 0 Å². The normalized spacial score (nSPS) is 13.7. The van der Waals surface area contributed by atoms with Crippen LogP contribution in [0.1, 0.15) is 26.2 Å². The Labute approximate surface area is 112 Å². The molecule has 0 aliphatic heterocycles. The molecule has 108 valence electrons. The highest BCUT2D eigenvalue weighted by Crippen LogP contribution is 2.29. The maximum Gasteiger partial charge on any atom is 0.323 e. The number of carboxylic acid groups (broad SMARTS) is 1. The van der Waals surface area contributed by atoms with E-state index in [4.69, 9.17) is 5.11 Å². The zero-order valence-corrected chi connectivity index (χ0v) is 11.1.